The summed E-state index contributed by atoms with van der Waals surface area (Å²) in [6.07, 6.45) is -0.521. The highest BCUT2D eigenvalue weighted by atomic mass is 35.5. The molecule has 1 fully saturated rings. The molecule has 2 heterocycles. The van der Waals surface area contributed by atoms with E-state index in [0.29, 0.717) is 11.6 Å². The van der Waals surface area contributed by atoms with Crippen LogP contribution in [-0.4, -0.2) is 31.2 Å². The molecule has 0 bridgehead atoms. The largest absolute Gasteiger partial charge is 0.442 e. The summed E-state index contributed by atoms with van der Waals surface area (Å²) >= 11 is 7.51. The second-order valence-electron chi connectivity index (χ2n) is 5.14. The van der Waals surface area contributed by atoms with Gasteiger partial charge in [0.1, 0.15) is 11.1 Å². The molecular formula is C16H15ClN2O3S. The van der Waals surface area contributed by atoms with Crippen LogP contribution in [0.15, 0.2) is 41.8 Å². The number of cyclic esters (lactones) is 1. The molecule has 1 aliphatic rings. The summed E-state index contributed by atoms with van der Waals surface area (Å²) < 4.78 is 5.27. The molecule has 0 spiro atoms. The van der Waals surface area contributed by atoms with Crippen molar-refractivity contribution in [1.82, 2.24) is 5.32 Å². The van der Waals surface area contributed by atoms with E-state index in [9.17, 15) is 9.59 Å². The summed E-state index contributed by atoms with van der Waals surface area (Å²) in [6, 6.07) is 11.0. The van der Waals surface area contributed by atoms with Crippen molar-refractivity contribution in [2.75, 3.05) is 18.0 Å². The number of anilines is 1. The van der Waals surface area contributed by atoms with Gasteiger partial charge in [-0.25, -0.2) is 4.79 Å². The summed E-state index contributed by atoms with van der Waals surface area (Å²) in [4.78, 5) is 25.4. The highest BCUT2D eigenvalue weighted by Crippen LogP contribution is 2.26. The molecule has 2 aromatic rings. The zero-order valence-electron chi connectivity index (χ0n) is 12.2. The van der Waals surface area contributed by atoms with Gasteiger partial charge < -0.3 is 10.1 Å². The van der Waals surface area contributed by atoms with Crippen LogP contribution in [0.4, 0.5) is 9.80 Å². The molecule has 1 N–H and O–H groups in total. The Hall–Kier alpha value is -2.05. The second-order valence-corrected chi connectivity index (χ2v) is 6.47. The van der Waals surface area contributed by atoms with Crippen molar-refractivity contribution in [2.24, 2.45) is 0 Å². The molecule has 1 atom stereocenters. The van der Waals surface area contributed by atoms with Gasteiger partial charge in [-0.15, -0.1) is 11.3 Å². The third kappa shape index (κ3) is 3.83. The van der Waals surface area contributed by atoms with E-state index < -0.39 is 0 Å². The normalized spacial score (nSPS) is 17.2. The van der Waals surface area contributed by atoms with Gasteiger partial charge in [0, 0.05) is 5.02 Å². The highest BCUT2D eigenvalue weighted by Gasteiger charge is 2.32. The first-order valence-corrected chi connectivity index (χ1v) is 8.41. The average molecular weight is 351 g/mol. The van der Waals surface area contributed by atoms with Crippen LogP contribution >= 0.6 is 22.9 Å². The first kappa shape index (κ1) is 15.8. The summed E-state index contributed by atoms with van der Waals surface area (Å²) in [5, 5.41) is 6.11. The lowest BCUT2D eigenvalue weighted by Crippen LogP contribution is -2.35. The fourth-order valence-electron chi connectivity index (χ4n) is 2.34. The molecule has 1 aromatic carbocycles. The number of halogens is 1. The van der Waals surface area contributed by atoms with Gasteiger partial charge in [-0.05, 0) is 29.1 Å². The zero-order chi connectivity index (χ0) is 16.2. The van der Waals surface area contributed by atoms with Crippen LogP contribution in [0.25, 0.3) is 0 Å². The third-order valence-electron chi connectivity index (χ3n) is 3.48. The molecule has 1 saturated heterocycles. The van der Waals surface area contributed by atoms with E-state index in [1.165, 1.54) is 11.3 Å². The SMILES string of the molecule is O=C(Cc1ccccc1Cl)NCC1CN(c2cccs2)C(=O)O1. The van der Waals surface area contributed by atoms with E-state index in [4.69, 9.17) is 16.3 Å². The Morgan fingerprint density at radius 1 is 1.35 bits per heavy atom. The molecule has 3 rings (SSSR count). The third-order valence-corrected chi connectivity index (χ3v) is 4.74. The van der Waals surface area contributed by atoms with E-state index in [1.54, 1.807) is 11.0 Å². The van der Waals surface area contributed by atoms with Crippen LogP contribution in [-0.2, 0) is 16.0 Å². The lowest BCUT2D eigenvalue weighted by atomic mass is 10.1. The van der Waals surface area contributed by atoms with E-state index in [2.05, 4.69) is 5.32 Å². The maximum absolute atomic E-state index is 12.0. The van der Waals surface area contributed by atoms with Crippen LogP contribution in [0.2, 0.25) is 5.02 Å². The minimum absolute atomic E-state index is 0.149. The molecule has 1 aromatic heterocycles. The Kier molecular flexibility index (Phi) is 4.83. The van der Waals surface area contributed by atoms with E-state index in [1.807, 2.05) is 35.7 Å². The van der Waals surface area contributed by atoms with Crippen molar-refractivity contribution >= 4 is 39.9 Å². The quantitative estimate of drug-likeness (QED) is 0.901. The molecule has 0 saturated carbocycles. The first-order valence-electron chi connectivity index (χ1n) is 7.15. The predicted molar refractivity (Wildman–Crippen MR) is 90.1 cm³/mol. The standard InChI is InChI=1S/C16H15ClN2O3S/c17-13-5-2-1-4-11(13)8-14(20)18-9-12-10-19(16(21)22-12)15-6-3-7-23-15/h1-7,12H,8-10H2,(H,18,20). The fourth-order valence-corrected chi connectivity index (χ4v) is 3.27. The number of hydrogen-bond acceptors (Lipinski definition) is 4. The van der Waals surface area contributed by atoms with Crippen molar-refractivity contribution in [1.29, 1.82) is 0 Å². The van der Waals surface area contributed by atoms with Crippen molar-refractivity contribution in [3.63, 3.8) is 0 Å². The van der Waals surface area contributed by atoms with Crippen molar-refractivity contribution in [2.45, 2.75) is 12.5 Å². The summed E-state index contributed by atoms with van der Waals surface area (Å²) in [7, 11) is 0. The average Bonchev–Trinajstić information content (AvgIpc) is 3.17. The maximum Gasteiger partial charge on any atom is 0.415 e. The fraction of sp³-hybridized carbons (Fsp3) is 0.250. The number of nitrogens with zero attached hydrogens (tertiary/aromatic N) is 1. The maximum atomic E-state index is 12.0. The zero-order valence-corrected chi connectivity index (χ0v) is 13.8. The Labute approximate surface area is 142 Å². The number of benzene rings is 1. The van der Waals surface area contributed by atoms with Crippen LogP contribution in [0.5, 0.6) is 0 Å². The molecule has 1 aliphatic heterocycles. The minimum Gasteiger partial charge on any atom is -0.442 e. The van der Waals surface area contributed by atoms with Crippen LogP contribution < -0.4 is 10.2 Å². The summed E-state index contributed by atoms with van der Waals surface area (Å²) in [6.45, 7) is 0.725. The Bertz CT molecular complexity index is 705. The topological polar surface area (TPSA) is 58.6 Å². The lowest BCUT2D eigenvalue weighted by Gasteiger charge is -2.11. The van der Waals surface area contributed by atoms with Crippen LogP contribution in [0.3, 0.4) is 0 Å². The summed E-state index contributed by atoms with van der Waals surface area (Å²) in [5.41, 5.74) is 0.773. The number of nitrogens with one attached hydrogen (secondary N) is 1. The number of carbonyl (C=O) groups excluding carboxylic acids is 2. The molecule has 1 unspecified atom stereocenters. The Morgan fingerprint density at radius 2 is 2.17 bits per heavy atom. The van der Waals surface area contributed by atoms with Crippen molar-refractivity contribution in [3.05, 3.63) is 52.4 Å². The van der Waals surface area contributed by atoms with Crippen molar-refractivity contribution in [3.8, 4) is 0 Å². The van der Waals surface area contributed by atoms with Crippen molar-refractivity contribution < 1.29 is 14.3 Å². The number of ether oxygens (including phenoxy) is 1. The Balaban J connectivity index is 1.50. The van der Waals surface area contributed by atoms with Gasteiger partial charge >= 0.3 is 6.09 Å². The number of hydrogen-bond donors (Lipinski definition) is 1. The molecule has 5 nitrogen and oxygen atoms in total. The smallest absolute Gasteiger partial charge is 0.415 e. The van der Waals surface area contributed by atoms with Gasteiger partial charge in [0.05, 0.1) is 19.5 Å². The van der Waals surface area contributed by atoms with Crippen LogP contribution in [0, 0.1) is 0 Å². The molecule has 23 heavy (non-hydrogen) atoms. The molecule has 2 amide bonds. The number of amides is 2. The number of carbonyl (C=O) groups is 2. The van der Waals surface area contributed by atoms with Gasteiger partial charge in [-0.1, -0.05) is 29.8 Å². The lowest BCUT2D eigenvalue weighted by molar-refractivity contribution is -0.120. The van der Waals surface area contributed by atoms with Gasteiger partial charge in [-0.3, -0.25) is 9.69 Å². The van der Waals surface area contributed by atoms with E-state index in [-0.39, 0.29) is 31.1 Å². The van der Waals surface area contributed by atoms with Crippen LogP contribution in [0.1, 0.15) is 5.56 Å². The highest BCUT2D eigenvalue weighted by molar-refractivity contribution is 7.14. The first-order chi connectivity index (χ1) is 11.1. The van der Waals surface area contributed by atoms with E-state index in [0.717, 1.165) is 10.6 Å². The Morgan fingerprint density at radius 3 is 2.91 bits per heavy atom. The molecular weight excluding hydrogens is 336 g/mol. The number of thiophene rings is 1. The number of rotatable bonds is 5. The minimum atomic E-state index is -0.377. The summed E-state index contributed by atoms with van der Waals surface area (Å²) in [5.74, 6) is -0.149. The van der Waals surface area contributed by atoms with Gasteiger partial charge in [0.25, 0.3) is 0 Å². The van der Waals surface area contributed by atoms with Gasteiger partial charge in [0.15, 0.2) is 0 Å². The molecule has 120 valence electrons. The molecule has 7 heteroatoms. The second kappa shape index (κ2) is 7.02. The van der Waals surface area contributed by atoms with Gasteiger partial charge in [-0.2, -0.15) is 0 Å². The predicted octanol–water partition coefficient (Wildman–Crippen LogP) is 3.09. The van der Waals surface area contributed by atoms with Gasteiger partial charge in [0.2, 0.25) is 5.91 Å². The van der Waals surface area contributed by atoms with E-state index >= 15 is 0 Å². The monoisotopic (exact) mass is 350 g/mol. The molecule has 0 aliphatic carbocycles. The molecule has 0 radical (unpaired) electrons.